The minimum absolute atomic E-state index is 0.0981. The van der Waals surface area contributed by atoms with Crippen molar-refractivity contribution < 1.29 is 9.90 Å². The highest BCUT2D eigenvalue weighted by molar-refractivity contribution is 7.71. The number of hydrogen-bond donors (Lipinski definition) is 2. The molecule has 2 aromatic heterocycles. The molecule has 0 aliphatic rings. The minimum Gasteiger partial charge on any atom is -0.481 e. The van der Waals surface area contributed by atoms with Crippen LogP contribution < -0.4 is 5.56 Å². The van der Waals surface area contributed by atoms with Crippen molar-refractivity contribution >= 4 is 39.7 Å². The number of rotatable bonds is 5. The van der Waals surface area contributed by atoms with Crippen molar-refractivity contribution in [1.29, 1.82) is 0 Å². The molecule has 7 heteroatoms. The van der Waals surface area contributed by atoms with Crippen LogP contribution in [0.3, 0.4) is 0 Å². The Balaban J connectivity index is 2.20. The van der Waals surface area contributed by atoms with Crippen LogP contribution in [0.5, 0.6) is 0 Å². The van der Waals surface area contributed by atoms with Gasteiger partial charge in [0.05, 0.1) is 5.52 Å². The summed E-state index contributed by atoms with van der Waals surface area (Å²) in [6.45, 7) is 0.454. The van der Waals surface area contributed by atoms with Crippen LogP contribution in [0.1, 0.15) is 19.3 Å². The van der Waals surface area contributed by atoms with Crippen LogP contribution in [-0.2, 0) is 11.3 Å². The standard InChI is InChI=1S/C11H12N2O3S2/c14-8(15)3-1-2-5-13-10(16)9-7(4-6-18-9)12-11(13)17/h4,6H,1-3,5H2,(H,12,17)(H,14,15). The number of H-pyrrole nitrogens is 1. The zero-order valence-corrected chi connectivity index (χ0v) is 11.1. The fourth-order valence-electron chi connectivity index (χ4n) is 1.72. The summed E-state index contributed by atoms with van der Waals surface area (Å²) >= 11 is 6.51. The molecule has 2 aromatic rings. The molecular formula is C11H12N2O3S2. The minimum atomic E-state index is -0.818. The fraction of sp³-hybridized carbons (Fsp3) is 0.364. The molecule has 18 heavy (non-hydrogen) atoms. The smallest absolute Gasteiger partial charge is 0.303 e. The molecule has 0 atom stereocenters. The second-order valence-corrected chi connectivity index (χ2v) is 5.20. The molecule has 0 saturated heterocycles. The number of carboxylic acids is 1. The summed E-state index contributed by atoms with van der Waals surface area (Å²) < 4.78 is 2.54. The van der Waals surface area contributed by atoms with Crippen LogP contribution in [0.25, 0.3) is 10.2 Å². The van der Waals surface area contributed by atoms with Gasteiger partial charge in [-0.2, -0.15) is 0 Å². The van der Waals surface area contributed by atoms with Crippen LogP contribution in [0.2, 0.25) is 0 Å². The van der Waals surface area contributed by atoms with E-state index in [1.54, 1.807) is 0 Å². The Morgan fingerprint density at radius 2 is 2.28 bits per heavy atom. The van der Waals surface area contributed by atoms with Gasteiger partial charge < -0.3 is 10.1 Å². The molecule has 0 bridgehead atoms. The third-order valence-electron chi connectivity index (χ3n) is 2.61. The van der Waals surface area contributed by atoms with E-state index in [-0.39, 0.29) is 12.0 Å². The number of aromatic nitrogens is 2. The van der Waals surface area contributed by atoms with E-state index in [1.807, 2.05) is 11.4 Å². The van der Waals surface area contributed by atoms with Gasteiger partial charge in [0, 0.05) is 13.0 Å². The zero-order chi connectivity index (χ0) is 13.1. The lowest BCUT2D eigenvalue weighted by Crippen LogP contribution is -2.21. The van der Waals surface area contributed by atoms with Gasteiger partial charge >= 0.3 is 5.97 Å². The van der Waals surface area contributed by atoms with Crippen molar-refractivity contribution in [2.24, 2.45) is 0 Å². The van der Waals surface area contributed by atoms with Gasteiger partial charge in [-0.1, -0.05) is 0 Å². The SMILES string of the molecule is O=C(O)CCCCn1c(=S)[nH]c2ccsc2c1=O. The van der Waals surface area contributed by atoms with Crippen LogP contribution in [-0.4, -0.2) is 20.6 Å². The number of nitrogens with zero attached hydrogens (tertiary/aromatic N) is 1. The molecule has 0 unspecified atom stereocenters. The van der Waals surface area contributed by atoms with E-state index in [9.17, 15) is 9.59 Å². The van der Waals surface area contributed by atoms with Crippen molar-refractivity contribution in [1.82, 2.24) is 9.55 Å². The number of aromatic amines is 1. The number of fused-ring (bicyclic) bond motifs is 1. The van der Waals surface area contributed by atoms with Gasteiger partial charge in [-0.05, 0) is 36.5 Å². The molecule has 2 rings (SSSR count). The third kappa shape index (κ3) is 2.68. The average molecular weight is 284 g/mol. The number of nitrogens with one attached hydrogen (secondary N) is 1. The summed E-state index contributed by atoms with van der Waals surface area (Å²) in [4.78, 5) is 25.5. The van der Waals surface area contributed by atoms with Gasteiger partial charge in [-0.25, -0.2) is 0 Å². The Morgan fingerprint density at radius 3 is 3.00 bits per heavy atom. The first-order chi connectivity index (χ1) is 8.59. The molecule has 0 radical (unpaired) electrons. The highest BCUT2D eigenvalue weighted by Crippen LogP contribution is 2.14. The molecule has 5 nitrogen and oxygen atoms in total. The van der Waals surface area contributed by atoms with E-state index in [0.717, 1.165) is 5.52 Å². The summed E-state index contributed by atoms with van der Waals surface area (Å²) in [6.07, 6.45) is 1.28. The lowest BCUT2D eigenvalue weighted by Gasteiger charge is -2.05. The van der Waals surface area contributed by atoms with Crippen molar-refractivity contribution in [2.75, 3.05) is 0 Å². The van der Waals surface area contributed by atoms with Crippen LogP contribution in [0.4, 0.5) is 0 Å². The van der Waals surface area contributed by atoms with Gasteiger partial charge in [0.2, 0.25) is 0 Å². The summed E-state index contributed by atoms with van der Waals surface area (Å²) in [5.74, 6) is -0.818. The summed E-state index contributed by atoms with van der Waals surface area (Å²) in [5, 5.41) is 10.4. The third-order valence-corrected chi connectivity index (χ3v) is 3.84. The van der Waals surface area contributed by atoms with Crippen molar-refractivity contribution in [3.05, 3.63) is 26.6 Å². The van der Waals surface area contributed by atoms with E-state index in [4.69, 9.17) is 17.3 Å². The number of unbranched alkanes of at least 4 members (excludes halogenated alkanes) is 1. The molecule has 0 aromatic carbocycles. The monoisotopic (exact) mass is 284 g/mol. The molecule has 0 fully saturated rings. The molecule has 0 aliphatic heterocycles. The first kappa shape index (κ1) is 13.0. The lowest BCUT2D eigenvalue weighted by atomic mass is 10.2. The molecule has 96 valence electrons. The molecule has 0 aliphatic carbocycles. The fourth-order valence-corrected chi connectivity index (χ4v) is 2.80. The van der Waals surface area contributed by atoms with Crippen LogP contribution in [0, 0.1) is 4.77 Å². The number of thiophene rings is 1. The first-order valence-electron chi connectivity index (χ1n) is 5.51. The topological polar surface area (TPSA) is 75.1 Å². The molecular weight excluding hydrogens is 272 g/mol. The van der Waals surface area contributed by atoms with E-state index in [0.29, 0.717) is 28.9 Å². The second kappa shape index (κ2) is 5.45. The lowest BCUT2D eigenvalue weighted by molar-refractivity contribution is -0.137. The maximum atomic E-state index is 12.1. The first-order valence-corrected chi connectivity index (χ1v) is 6.80. The van der Waals surface area contributed by atoms with Gasteiger partial charge in [-0.3, -0.25) is 14.2 Å². The van der Waals surface area contributed by atoms with Crippen molar-refractivity contribution in [3.63, 3.8) is 0 Å². The quantitative estimate of drug-likeness (QED) is 0.653. The second-order valence-electron chi connectivity index (χ2n) is 3.90. The Labute approximate surface area is 112 Å². The predicted octanol–water partition coefficient (Wildman–Crippen LogP) is 2.38. The molecule has 0 amide bonds. The highest BCUT2D eigenvalue weighted by atomic mass is 32.1. The van der Waals surface area contributed by atoms with Crippen LogP contribution >= 0.6 is 23.6 Å². The molecule has 0 saturated carbocycles. The molecule has 2 heterocycles. The van der Waals surface area contributed by atoms with Gasteiger partial charge in [0.1, 0.15) is 4.70 Å². The maximum absolute atomic E-state index is 12.1. The predicted molar refractivity (Wildman–Crippen MR) is 72.8 cm³/mol. The van der Waals surface area contributed by atoms with Crippen molar-refractivity contribution in [3.8, 4) is 0 Å². The van der Waals surface area contributed by atoms with E-state index < -0.39 is 5.97 Å². The van der Waals surface area contributed by atoms with E-state index in [2.05, 4.69) is 4.98 Å². The molecule has 0 spiro atoms. The normalized spacial score (nSPS) is 10.9. The number of aliphatic carboxylic acids is 1. The van der Waals surface area contributed by atoms with Crippen molar-refractivity contribution in [2.45, 2.75) is 25.8 Å². The highest BCUT2D eigenvalue weighted by Gasteiger charge is 2.06. The zero-order valence-electron chi connectivity index (χ0n) is 9.51. The van der Waals surface area contributed by atoms with Gasteiger partial charge in [0.25, 0.3) is 5.56 Å². The largest absolute Gasteiger partial charge is 0.481 e. The van der Waals surface area contributed by atoms with Gasteiger partial charge in [-0.15, -0.1) is 11.3 Å². The summed E-state index contributed by atoms with van der Waals surface area (Å²) in [6, 6.07) is 1.83. The average Bonchev–Trinajstić information content (AvgIpc) is 2.75. The Kier molecular flexibility index (Phi) is 3.93. The summed E-state index contributed by atoms with van der Waals surface area (Å²) in [7, 11) is 0. The van der Waals surface area contributed by atoms with E-state index >= 15 is 0 Å². The van der Waals surface area contributed by atoms with Crippen LogP contribution in [0.15, 0.2) is 16.2 Å². The number of hydrogen-bond acceptors (Lipinski definition) is 4. The maximum Gasteiger partial charge on any atom is 0.303 e. The Bertz CT molecular complexity index is 683. The number of carbonyl (C=O) groups is 1. The Morgan fingerprint density at radius 1 is 1.50 bits per heavy atom. The number of carboxylic acid groups (broad SMARTS) is 1. The van der Waals surface area contributed by atoms with E-state index in [1.165, 1.54) is 15.9 Å². The summed E-state index contributed by atoms with van der Waals surface area (Å²) in [5.41, 5.74) is 0.663. The molecule has 2 N–H and O–H groups in total. The van der Waals surface area contributed by atoms with Gasteiger partial charge in [0.15, 0.2) is 4.77 Å². The Hall–Kier alpha value is -1.47.